The Labute approximate surface area is 174 Å². The van der Waals surface area contributed by atoms with Gasteiger partial charge < -0.3 is 15.1 Å². The Bertz CT molecular complexity index is 974. The molecule has 150 valence electrons. The number of carbonyl (C=O) groups is 3. The minimum atomic E-state index is -0.303. The lowest BCUT2D eigenvalue weighted by atomic mass is 10.1. The highest BCUT2D eigenvalue weighted by Gasteiger charge is 2.41. The number of benzene rings is 2. The normalized spacial score (nSPS) is 18.8. The molecular weight excluding hydrogens is 390 g/mol. The first-order valence-electron chi connectivity index (χ1n) is 9.67. The summed E-state index contributed by atoms with van der Waals surface area (Å²) < 4.78 is 0. The number of carbonyl (C=O) groups excluding carboxylic acids is 3. The van der Waals surface area contributed by atoms with Gasteiger partial charge in [-0.1, -0.05) is 29.8 Å². The monoisotopic (exact) mass is 411 g/mol. The van der Waals surface area contributed by atoms with Gasteiger partial charge in [-0.15, -0.1) is 0 Å². The fourth-order valence-electron chi connectivity index (χ4n) is 3.90. The summed E-state index contributed by atoms with van der Waals surface area (Å²) in [5.41, 5.74) is 2.99. The molecule has 0 bridgehead atoms. The van der Waals surface area contributed by atoms with Gasteiger partial charge in [-0.25, -0.2) is 0 Å². The predicted molar refractivity (Wildman–Crippen MR) is 111 cm³/mol. The molecule has 2 saturated heterocycles. The Balaban J connectivity index is 1.42. The second kappa shape index (κ2) is 7.87. The van der Waals surface area contributed by atoms with E-state index in [1.807, 2.05) is 25.1 Å². The molecule has 2 aliphatic heterocycles. The van der Waals surface area contributed by atoms with Gasteiger partial charge in [0.15, 0.2) is 0 Å². The third kappa shape index (κ3) is 3.98. The molecule has 1 N–H and O–H groups in total. The second-order valence-corrected chi connectivity index (χ2v) is 7.99. The molecule has 2 aliphatic rings. The molecule has 2 heterocycles. The van der Waals surface area contributed by atoms with Crippen molar-refractivity contribution in [2.24, 2.45) is 0 Å². The molecule has 0 aromatic heterocycles. The van der Waals surface area contributed by atoms with Crippen LogP contribution >= 0.6 is 11.6 Å². The lowest BCUT2D eigenvalue weighted by Gasteiger charge is -2.36. The molecule has 0 saturated carbocycles. The molecule has 0 spiro atoms. The Kier molecular flexibility index (Phi) is 5.28. The van der Waals surface area contributed by atoms with Crippen molar-refractivity contribution in [2.75, 3.05) is 18.4 Å². The number of aryl methyl sites for hydroxylation is 1. The number of nitrogens with one attached hydrogen (secondary N) is 1. The van der Waals surface area contributed by atoms with Crippen LogP contribution in [0.2, 0.25) is 5.02 Å². The molecule has 0 aliphatic carbocycles. The summed E-state index contributed by atoms with van der Waals surface area (Å²) >= 11 is 6.00. The van der Waals surface area contributed by atoms with Gasteiger partial charge in [0, 0.05) is 29.4 Å². The van der Waals surface area contributed by atoms with Gasteiger partial charge >= 0.3 is 0 Å². The molecule has 1 atom stereocenters. The van der Waals surface area contributed by atoms with Crippen LogP contribution in [0.3, 0.4) is 0 Å². The van der Waals surface area contributed by atoms with Crippen LogP contribution in [0.15, 0.2) is 42.5 Å². The van der Waals surface area contributed by atoms with Crippen LogP contribution in [-0.2, 0) is 16.1 Å². The largest absolute Gasteiger partial charge is 0.329 e. The van der Waals surface area contributed by atoms with E-state index in [4.69, 9.17) is 11.6 Å². The van der Waals surface area contributed by atoms with E-state index >= 15 is 0 Å². The molecule has 2 aromatic carbocycles. The van der Waals surface area contributed by atoms with Crippen molar-refractivity contribution in [1.29, 1.82) is 0 Å². The standard InChI is InChI=1S/C22H22ClN3O3/c1-14-4-9-17(23)11-18(14)24-21(28)16-7-5-15(6-8-16)12-25-13-20(27)26-10-2-3-19(26)22(25)29/h4-9,11,19H,2-3,10,12-13H2,1H3,(H,24,28)/t19-/m1/s1. The summed E-state index contributed by atoms with van der Waals surface area (Å²) in [4.78, 5) is 40.8. The zero-order valence-corrected chi connectivity index (χ0v) is 16.9. The summed E-state index contributed by atoms with van der Waals surface area (Å²) in [6.07, 6.45) is 1.62. The highest BCUT2D eigenvalue weighted by Crippen LogP contribution is 2.25. The number of piperazine rings is 1. The fraction of sp³-hybridized carbons (Fsp3) is 0.318. The summed E-state index contributed by atoms with van der Waals surface area (Å²) in [7, 11) is 0. The second-order valence-electron chi connectivity index (χ2n) is 7.55. The van der Waals surface area contributed by atoms with Crippen molar-refractivity contribution in [3.05, 3.63) is 64.2 Å². The third-order valence-electron chi connectivity index (χ3n) is 5.53. The predicted octanol–water partition coefficient (Wildman–Crippen LogP) is 3.23. The number of anilines is 1. The van der Waals surface area contributed by atoms with Crippen molar-refractivity contribution in [3.8, 4) is 0 Å². The molecule has 3 amide bonds. The van der Waals surface area contributed by atoms with Gasteiger partial charge in [0.05, 0.1) is 0 Å². The molecule has 0 unspecified atom stereocenters. The fourth-order valence-corrected chi connectivity index (χ4v) is 4.08. The van der Waals surface area contributed by atoms with E-state index in [2.05, 4.69) is 5.32 Å². The number of amides is 3. The van der Waals surface area contributed by atoms with Crippen LogP contribution in [0.1, 0.15) is 34.3 Å². The molecule has 0 radical (unpaired) electrons. The van der Waals surface area contributed by atoms with E-state index in [9.17, 15) is 14.4 Å². The Morgan fingerprint density at radius 2 is 1.93 bits per heavy atom. The van der Waals surface area contributed by atoms with E-state index in [-0.39, 0.29) is 30.3 Å². The summed E-state index contributed by atoms with van der Waals surface area (Å²) in [6.45, 7) is 3.06. The van der Waals surface area contributed by atoms with Crippen LogP contribution in [0.25, 0.3) is 0 Å². The lowest BCUT2D eigenvalue weighted by Crippen LogP contribution is -2.56. The summed E-state index contributed by atoms with van der Waals surface area (Å²) in [5.74, 6) is -0.201. The molecule has 2 fully saturated rings. The number of hydrogen-bond donors (Lipinski definition) is 1. The molecular formula is C22H22ClN3O3. The highest BCUT2D eigenvalue weighted by molar-refractivity contribution is 6.31. The van der Waals surface area contributed by atoms with E-state index in [1.165, 1.54) is 0 Å². The highest BCUT2D eigenvalue weighted by atomic mass is 35.5. The van der Waals surface area contributed by atoms with E-state index in [0.29, 0.717) is 29.4 Å². The van der Waals surface area contributed by atoms with Gasteiger partial charge in [-0.3, -0.25) is 14.4 Å². The van der Waals surface area contributed by atoms with Gasteiger partial charge in [-0.05, 0) is 55.2 Å². The Morgan fingerprint density at radius 1 is 1.17 bits per heavy atom. The average molecular weight is 412 g/mol. The van der Waals surface area contributed by atoms with Crippen molar-refractivity contribution in [2.45, 2.75) is 32.4 Å². The van der Waals surface area contributed by atoms with Crippen molar-refractivity contribution >= 4 is 35.0 Å². The topological polar surface area (TPSA) is 69.7 Å². The van der Waals surface area contributed by atoms with Gasteiger partial charge in [0.1, 0.15) is 12.6 Å². The number of fused-ring (bicyclic) bond motifs is 1. The molecule has 2 aromatic rings. The van der Waals surface area contributed by atoms with Crippen molar-refractivity contribution in [3.63, 3.8) is 0 Å². The quantitative estimate of drug-likeness (QED) is 0.839. The molecule has 29 heavy (non-hydrogen) atoms. The first kappa shape index (κ1) is 19.5. The van der Waals surface area contributed by atoms with Crippen LogP contribution in [0.4, 0.5) is 5.69 Å². The van der Waals surface area contributed by atoms with Gasteiger partial charge in [-0.2, -0.15) is 0 Å². The minimum Gasteiger partial charge on any atom is -0.329 e. The van der Waals surface area contributed by atoms with E-state index < -0.39 is 0 Å². The van der Waals surface area contributed by atoms with E-state index in [1.54, 1.807) is 34.1 Å². The number of hydrogen-bond acceptors (Lipinski definition) is 3. The van der Waals surface area contributed by atoms with Crippen LogP contribution in [0.5, 0.6) is 0 Å². The maximum atomic E-state index is 12.7. The maximum Gasteiger partial charge on any atom is 0.255 e. The molecule has 6 nitrogen and oxygen atoms in total. The van der Waals surface area contributed by atoms with Crippen LogP contribution in [0, 0.1) is 6.92 Å². The maximum absolute atomic E-state index is 12.7. The van der Waals surface area contributed by atoms with Gasteiger partial charge in [0.25, 0.3) is 5.91 Å². The smallest absolute Gasteiger partial charge is 0.255 e. The first-order valence-corrected chi connectivity index (χ1v) is 10.0. The minimum absolute atomic E-state index is 0.0139. The Hall–Kier alpha value is -2.86. The molecule has 4 rings (SSSR count). The SMILES string of the molecule is Cc1ccc(Cl)cc1NC(=O)c1ccc(CN2CC(=O)N3CCC[C@@H]3C2=O)cc1. The zero-order valence-electron chi connectivity index (χ0n) is 16.2. The summed E-state index contributed by atoms with van der Waals surface area (Å²) in [5, 5.41) is 3.43. The molecule has 7 heteroatoms. The van der Waals surface area contributed by atoms with E-state index in [0.717, 1.165) is 24.0 Å². The summed E-state index contributed by atoms with van der Waals surface area (Å²) in [6, 6.07) is 12.1. The van der Waals surface area contributed by atoms with Crippen LogP contribution < -0.4 is 5.32 Å². The van der Waals surface area contributed by atoms with Gasteiger partial charge in [0.2, 0.25) is 11.8 Å². The zero-order chi connectivity index (χ0) is 20.5. The number of nitrogens with zero attached hydrogens (tertiary/aromatic N) is 2. The lowest BCUT2D eigenvalue weighted by molar-refractivity contribution is -0.154. The average Bonchev–Trinajstić information content (AvgIpc) is 3.20. The first-order chi connectivity index (χ1) is 13.9. The number of halogens is 1. The number of rotatable bonds is 4. The van der Waals surface area contributed by atoms with Crippen molar-refractivity contribution < 1.29 is 14.4 Å². The van der Waals surface area contributed by atoms with Crippen LogP contribution in [-0.4, -0.2) is 46.7 Å². The Morgan fingerprint density at radius 3 is 2.69 bits per heavy atom. The third-order valence-corrected chi connectivity index (χ3v) is 5.77. The van der Waals surface area contributed by atoms with Crippen molar-refractivity contribution in [1.82, 2.24) is 9.80 Å².